The Morgan fingerprint density at radius 1 is 0.906 bits per heavy atom. The van der Waals surface area contributed by atoms with E-state index in [2.05, 4.69) is 9.97 Å². The van der Waals surface area contributed by atoms with Crippen molar-refractivity contribution in [2.45, 2.75) is 12.6 Å². The van der Waals surface area contributed by atoms with Crippen LogP contribution < -0.4 is 5.69 Å². The highest BCUT2D eigenvalue weighted by atomic mass is 32.1. The van der Waals surface area contributed by atoms with Gasteiger partial charge >= 0.3 is 17.6 Å². The molecule has 0 saturated heterocycles. The molecule has 3 aromatic rings. The van der Waals surface area contributed by atoms with E-state index >= 15 is 0 Å². The Labute approximate surface area is 188 Å². The van der Waals surface area contributed by atoms with E-state index in [0.717, 1.165) is 0 Å². The van der Waals surface area contributed by atoms with Crippen LogP contribution in [0.4, 0.5) is 0 Å². The number of nitrogens with one attached hydrogen (secondary N) is 1. The van der Waals surface area contributed by atoms with E-state index in [1.165, 1.54) is 10.9 Å². The van der Waals surface area contributed by atoms with Crippen molar-refractivity contribution >= 4 is 24.2 Å². The van der Waals surface area contributed by atoms with Crippen LogP contribution in [0.25, 0.3) is 0 Å². The van der Waals surface area contributed by atoms with Crippen LogP contribution in [-0.4, -0.2) is 46.3 Å². The maximum absolute atomic E-state index is 12.3. The van der Waals surface area contributed by atoms with Crippen LogP contribution in [0.5, 0.6) is 0 Å². The van der Waals surface area contributed by atoms with Gasteiger partial charge in [0.2, 0.25) is 4.77 Å². The number of nitrogens with zero attached hydrogens (tertiary/aromatic N) is 2. The number of hydrogen-bond donors (Lipinski definition) is 1. The van der Waals surface area contributed by atoms with E-state index in [9.17, 15) is 14.4 Å². The van der Waals surface area contributed by atoms with Crippen molar-refractivity contribution in [3.8, 4) is 0 Å². The van der Waals surface area contributed by atoms with Crippen LogP contribution in [-0.2, 0) is 14.2 Å². The van der Waals surface area contributed by atoms with Gasteiger partial charge in [0, 0.05) is 6.42 Å². The molecule has 0 amide bonds. The number of hydrogen-bond acceptors (Lipinski definition) is 8. The minimum atomic E-state index is -0.819. The minimum absolute atomic E-state index is 0.00966. The number of carbonyl (C=O) groups is 2. The number of H-pyrrole nitrogens is 1. The Hall–Kier alpha value is -3.63. The van der Waals surface area contributed by atoms with Gasteiger partial charge in [0.15, 0.2) is 0 Å². The second-order valence-electron chi connectivity index (χ2n) is 6.51. The number of benzene rings is 2. The van der Waals surface area contributed by atoms with Gasteiger partial charge in [-0.1, -0.05) is 36.4 Å². The highest BCUT2D eigenvalue weighted by Crippen LogP contribution is 2.12. The van der Waals surface area contributed by atoms with Crippen molar-refractivity contribution in [3.05, 3.63) is 93.4 Å². The van der Waals surface area contributed by atoms with Gasteiger partial charge in [0.25, 0.3) is 0 Å². The fourth-order valence-corrected chi connectivity index (χ4v) is 2.88. The lowest BCUT2D eigenvalue weighted by atomic mass is 10.2. The first-order valence-corrected chi connectivity index (χ1v) is 10.2. The Morgan fingerprint density at radius 2 is 1.47 bits per heavy atom. The lowest BCUT2D eigenvalue weighted by molar-refractivity contribution is -0.0401. The molecule has 0 radical (unpaired) electrons. The van der Waals surface area contributed by atoms with E-state index in [1.54, 1.807) is 60.7 Å². The summed E-state index contributed by atoms with van der Waals surface area (Å²) in [6.07, 6.45) is 0.596. The third-order valence-electron chi connectivity index (χ3n) is 4.30. The van der Waals surface area contributed by atoms with Gasteiger partial charge in [-0.15, -0.1) is 0 Å². The Bertz CT molecular complexity index is 1150. The predicted molar refractivity (Wildman–Crippen MR) is 117 cm³/mol. The third-order valence-corrected chi connectivity index (χ3v) is 4.51. The van der Waals surface area contributed by atoms with Crippen LogP contribution in [0.1, 0.15) is 33.4 Å². The van der Waals surface area contributed by atoms with Crippen LogP contribution in [0.15, 0.2) is 71.8 Å². The summed E-state index contributed by atoms with van der Waals surface area (Å²) < 4.78 is 17.4. The second kappa shape index (κ2) is 11.7. The van der Waals surface area contributed by atoms with Crippen molar-refractivity contribution < 1.29 is 23.8 Å². The Balaban J connectivity index is 1.57. The summed E-state index contributed by atoms with van der Waals surface area (Å²) in [5.74, 6) is -0.968. The molecule has 32 heavy (non-hydrogen) atoms. The fourth-order valence-electron chi connectivity index (χ4n) is 2.75. The molecule has 1 aromatic heterocycles. The molecular formula is C22H21N3O6S. The topological polar surface area (TPSA) is 113 Å². The molecule has 3 rings (SSSR count). The molecule has 0 spiro atoms. The van der Waals surface area contributed by atoms with Gasteiger partial charge in [-0.3, -0.25) is 9.55 Å². The van der Waals surface area contributed by atoms with Gasteiger partial charge in [0.1, 0.15) is 19.2 Å². The van der Waals surface area contributed by atoms with Gasteiger partial charge in [-0.05, 0) is 36.5 Å². The molecule has 10 heteroatoms. The Morgan fingerprint density at radius 3 is 2.03 bits per heavy atom. The highest BCUT2D eigenvalue weighted by molar-refractivity contribution is 7.71. The lowest BCUT2D eigenvalue weighted by Crippen LogP contribution is -2.30. The van der Waals surface area contributed by atoms with Crippen LogP contribution in [0.3, 0.4) is 0 Å². The van der Waals surface area contributed by atoms with Gasteiger partial charge in [-0.25, -0.2) is 19.4 Å². The summed E-state index contributed by atoms with van der Waals surface area (Å²) in [5, 5.41) is 0. The van der Waals surface area contributed by atoms with Crippen LogP contribution in [0.2, 0.25) is 0 Å². The van der Waals surface area contributed by atoms with Crippen LogP contribution >= 0.6 is 12.2 Å². The van der Waals surface area contributed by atoms with Crippen molar-refractivity contribution in [1.29, 1.82) is 0 Å². The van der Waals surface area contributed by atoms with Crippen molar-refractivity contribution in [1.82, 2.24) is 14.5 Å². The van der Waals surface area contributed by atoms with E-state index in [-0.39, 0.29) is 31.0 Å². The number of ether oxygens (including phenoxy) is 3. The average Bonchev–Trinajstić information content (AvgIpc) is 2.82. The van der Waals surface area contributed by atoms with Crippen molar-refractivity contribution in [3.63, 3.8) is 0 Å². The normalized spacial score (nSPS) is 11.5. The zero-order valence-corrected chi connectivity index (χ0v) is 17.8. The largest absolute Gasteiger partial charge is 0.462 e. The standard InChI is InChI=1S/C22H21N3O6S/c26-19(16-7-3-1-4-8-16)30-12-11-18(25-15-23-21(32)24-22(25)28)29-13-14-31-20(27)17-9-5-2-6-10-17/h1-10,15,18H,11-14H2,(H,24,28,32)/t18-/m0/s1. The molecule has 1 heterocycles. The number of esters is 2. The molecule has 0 saturated carbocycles. The van der Waals surface area contributed by atoms with E-state index < -0.39 is 23.9 Å². The maximum atomic E-state index is 12.3. The smallest absolute Gasteiger partial charge is 0.338 e. The second-order valence-corrected chi connectivity index (χ2v) is 6.89. The fraction of sp³-hybridized carbons (Fsp3) is 0.227. The molecule has 0 aliphatic rings. The monoisotopic (exact) mass is 455 g/mol. The average molecular weight is 455 g/mol. The van der Waals surface area contributed by atoms with Gasteiger partial charge < -0.3 is 14.2 Å². The minimum Gasteiger partial charge on any atom is -0.462 e. The molecule has 9 nitrogen and oxygen atoms in total. The SMILES string of the molecule is O=C(OCCO[C@@H](CCOC(=O)c1ccccc1)n1cnc(=S)[nH]c1=O)c1ccccc1. The predicted octanol–water partition coefficient (Wildman–Crippen LogP) is 2.92. The molecule has 1 atom stereocenters. The van der Waals surface area contributed by atoms with Crippen molar-refractivity contribution in [2.24, 2.45) is 0 Å². The van der Waals surface area contributed by atoms with Crippen LogP contribution in [0, 0.1) is 4.77 Å². The molecule has 2 aromatic carbocycles. The molecule has 0 fully saturated rings. The number of aromatic nitrogens is 3. The summed E-state index contributed by atoms with van der Waals surface area (Å²) in [4.78, 5) is 42.7. The van der Waals surface area contributed by atoms with E-state index in [0.29, 0.717) is 11.1 Å². The first-order valence-electron chi connectivity index (χ1n) is 9.78. The summed E-state index contributed by atoms with van der Waals surface area (Å²) in [6, 6.07) is 17.1. The van der Waals surface area contributed by atoms with E-state index in [4.69, 9.17) is 26.4 Å². The first kappa shape index (κ1) is 23.0. The molecular weight excluding hydrogens is 434 g/mol. The zero-order valence-electron chi connectivity index (χ0n) is 17.0. The lowest BCUT2D eigenvalue weighted by Gasteiger charge is -2.19. The molecule has 166 valence electrons. The number of aromatic amines is 1. The number of rotatable bonds is 10. The molecule has 0 bridgehead atoms. The third kappa shape index (κ3) is 6.69. The first-order chi connectivity index (χ1) is 15.5. The maximum Gasteiger partial charge on any atom is 0.338 e. The summed E-state index contributed by atoms with van der Waals surface area (Å²) in [7, 11) is 0. The van der Waals surface area contributed by atoms with Crippen molar-refractivity contribution in [2.75, 3.05) is 19.8 Å². The molecule has 0 unspecified atom stereocenters. The summed E-state index contributed by atoms with van der Waals surface area (Å²) in [5.41, 5.74) is 0.319. The zero-order chi connectivity index (χ0) is 22.8. The molecule has 0 aliphatic carbocycles. The highest BCUT2D eigenvalue weighted by Gasteiger charge is 2.16. The van der Waals surface area contributed by atoms with E-state index in [1.807, 2.05) is 0 Å². The quantitative estimate of drug-likeness (QED) is 0.282. The molecule has 0 aliphatic heterocycles. The van der Waals surface area contributed by atoms with Gasteiger partial charge in [0.05, 0.1) is 24.3 Å². The molecule has 1 N–H and O–H groups in total. The Kier molecular flexibility index (Phi) is 8.41. The number of carbonyl (C=O) groups excluding carboxylic acids is 2. The summed E-state index contributed by atoms with van der Waals surface area (Å²) in [6.45, 7) is -0.0265. The van der Waals surface area contributed by atoms with Gasteiger partial charge in [-0.2, -0.15) is 0 Å². The summed E-state index contributed by atoms with van der Waals surface area (Å²) >= 11 is 4.86.